The van der Waals surface area contributed by atoms with Gasteiger partial charge in [0.2, 0.25) is 5.91 Å². The van der Waals surface area contributed by atoms with Crippen molar-refractivity contribution in [1.29, 1.82) is 5.26 Å². The van der Waals surface area contributed by atoms with Crippen molar-refractivity contribution in [2.24, 2.45) is 0 Å². The van der Waals surface area contributed by atoms with Crippen molar-refractivity contribution in [3.05, 3.63) is 66.5 Å². The number of carbonyl (C=O) groups excluding carboxylic acids is 1. The Balaban J connectivity index is 2.11. The quantitative estimate of drug-likeness (QED) is 0.842. The summed E-state index contributed by atoms with van der Waals surface area (Å²) in [7, 11) is 1.70. The number of H-pyrrole nitrogens is 1. The summed E-state index contributed by atoms with van der Waals surface area (Å²) >= 11 is 12.2. The van der Waals surface area contributed by atoms with Crippen molar-refractivity contribution in [3.63, 3.8) is 0 Å². The number of nitrogens with zero attached hydrogens (tertiary/aromatic N) is 2. The average molecular weight is 392 g/mol. The Hall–Kier alpha value is -2.29. The number of hydrogen-bond acceptors (Lipinski definition) is 3. The van der Waals surface area contributed by atoms with E-state index in [2.05, 4.69) is 4.98 Å². The number of benzene rings is 1. The molecule has 0 aliphatic carbocycles. The number of aromatic nitrogens is 1. The Morgan fingerprint density at radius 2 is 2.00 bits per heavy atom. The van der Waals surface area contributed by atoms with E-state index in [9.17, 15) is 9.59 Å². The summed E-state index contributed by atoms with van der Waals surface area (Å²) in [6, 6.07) is 7.23. The van der Waals surface area contributed by atoms with Crippen LogP contribution in [0.4, 0.5) is 0 Å². The molecule has 0 saturated carbocycles. The lowest BCUT2D eigenvalue weighted by molar-refractivity contribution is -0.130. The minimum Gasteiger partial charge on any atom is -0.341 e. The second kappa shape index (κ2) is 8.39. The SMILES string of the molecule is Cc1[nH]c(=O)c(C#N)c(C)c1CCC(=O)N(C)Cc1cccc(Cl)c1Cl. The number of amides is 1. The van der Waals surface area contributed by atoms with Gasteiger partial charge in [-0.1, -0.05) is 35.3 Å². The summed E-state index contributed by atoms with van der Waals surface area (Å²) < 4.78 is 0. The smallest absolute Gasteiger partial charge is 0.266 e. The molecular formula is C19H19Cl2N3O2. The van der Waals surface area contributed by atoms with E-state index in [0.717, 1.165) is 11.1 Å². The van der Waals surface area contributed by atoms with Crippen molar-refractivity contribution in [1.82, 2.24) is 9.88 Å². The van der Waals surface area contributed by atoms with E-state index in [1.807, 2.05) is 12.1 Å². The van der Waals surface area contributed by atoms with E-state index in [1.54, 1.807) is 37.9 Å². The van der Waals surface area contributed by atoms with E-state index >= 15 is 0 Å². The van der Waals surface area contributed by atoms with Gasteiger partial charge in [-0.15, -0.1) is 0 Å². The molecule has 2 aromatic rings. The lowest BCUT2D eigenvalue weighted by Gasteiger charge is -2.19. The van der Waals surface area contributed by atoms with Crippen LogP contribution in [0.15, 0.2) is 23.0 Å². The van der Waals surface area contributed by atoms with Gasteiger partial charge in [0.05, 0.1) is 10.0 Å². The van der Waals surface area contributed by atoms with Crippen molar-refractivity contribution in [2.45, 2.75) is 33.2 Å². The Bertz CT molecular complexity index is 945. The fraction of sp³-hybridized carbons (Fsp3) is 0.316. The van der Waals surface area contributed by atoms with Gasteiger partial charge in [0.25, 0.3) is 5.56 Å². The summed E-state index contributed by atoms with van der Waals surface area (Å²) in [5, 5.41) is 10.0. The third kappa shape index (κ3) is 4.27. The van der Waals surface area contributed by atoms with E-state index < -0.39 is 5.56 Å². The topological polar surface area (TPSA) is 77.0 Å². The molecule has 136 valence electrons. The molecule has 1 amide bonds. The molecule has 5 nitrogen and oxygen atoms in total. The van der Waals surface area contributed by atoms with Crippen molar-refractivity contribution >= 4 is 29.1 Å². The fourth-order valence-electron chi connectivity index (χ4n) is 2.86. The zero-order valence-corrected chi connectivity index (χ0v) is 16.3. The number of aryl methyl sites for hydroxylation is 1. The van der Waals surface area contributed by atoms with Gasteiger partial charge in [-0.3, -0.25) is 9.59 Å². The number of rotatable bonds is 5. The summed E-state index contributed by atoms with van der Waals surface area (Å²) in [5.74, 6) is -0.0652. The van der Waals surface area contributed by atoms with Crippen LogP contribution in [0.25, 0.3) is 0 Å². The molecule has 0 atom stereocenters. The number of halogens is 2. The van der Waals surface area contributed by atoms with Crippen LogP contribution in [-0.2, 0) is 17.8 Å². The minimum absolute atomic E-state index is 0.0652. The molecule has 0 bridgehead atoms. The normalized spacial score (nSPS) is 10.5. The fourth-order valence-corrected chi connectivity index (χ4v) is 3.24. The highest BCUT2D eigenvalue weighted by atomic mass is 35.5. The maximum absolute atomic E-state index is 12.5. The van der Waals surface area contributed by atoms with Crippen molar-refractivity contribution in [3.8, 4) is 6.07 Å². The van der Waals surface area contributed by atoms with Crippen LogP contribution >= 0.6 is 23.2 Å². The maximum Gasteiger partial charge on any atom is 0.266 e. The van der Waals surface area contributed by atoms with Gasteiger partial charge >= 0.3 is 0 Å². The highest BCUT2D eigenvalue weighted by Crippen LogP contribution is 2.26. The number of carbonyl (C=O) groups is 1. The third-order valence-electron chi connectivity index (χ3n) is 4.37. The molecule has 0 spiro atoms. The van der Waals surface area contributed by atoms with Crippen LogP contribution in [0, 0.1) is 25.2 Å². The zero-order chi connectivity index (χ0) is 19.4. The molecule has 1 aromatic heterocycles. The highest BCUT2D eigenvalue weighted by molar-refractivity contribution is 6.42. The number of aromatic amines is 1. The Morgan fingerprint density at radius 3 is 2.65 bits per heavy atom. The number of nitriles is 1. The number of hydrogen-bond donors (Lipinski definition) is 1. The highest BCUT2D eigenvalue weighted by Gasteiger charge is 2.16. The van der Waals surface area contributed by atoms with Crippen molar-refractivity contribution < 1.29 is 4.79 Å². The Labute approximate surface area is 162 Å². The molecule has 0 radical (unpaired) electrons. The van der Waals surface area contributed by atoms with Gasteiger partial charge in [-0.25, -0.2) is 0 Å². The first kappa shape index (κ1) is 20.0. The van der Waals surface area contributed by atoms with Gasteiger partial charge in [0, 0.05) is 25.7 Å². The minimum atomic E-state index is -0.398. The molecular weight excluding hydrogens is 373 g/mol. The number of pyridine rings is 1. The molecule has 7 heteroatoms. The molecule has 0 unspecified atom stereocenters. The molecule has 1 aromatic carbocycles. The second-order valence-electron chi connectivity index (χ2n) is 6.13. The molecule has 0 aliphatic heterocycles. The number of nitrogens with one attached hydrogen (secondary N) is 1. The van der Waals surface area contributed by atoms with Crippen LogP contribution in [0.3, 0.4) is 0 Å². The Kier molecular flexibility index (Phi) is 6.47. The standard InChI is InChI=1S/C19H19Cl2N3O2/c1-11-14(12(2)23-19(26)15(11)9-22)7-8-17(25)24(3)10-13-5-4-6-16(20)18(13)21/h4-6H,7-8,10H2,1-3H3,(H,23,26). The third-order valence-corrected chi connectivity index (χ3v) is 5.23. The van der Waals surface area contributed by atoms with E-state index in [1.165, 1.54) is 0 Å². The molecule has 26 heavy (non-hydrogen) atoms. The predicted molar refractivity (Wildman–Crippen MR) is 103 cm³/mol. The van der Waals surface area contributed by atoms with Crippen LogP contribution in [-0.4, -0.2) is 22.8 Å². The van der Waals surface area contributed by atoms with Gasteiger partial charge in [0.15, 0.2) is 0 Å². The first-order chi connectivity index (χ1) is 12.3. The first-order valence-corrected chi connectivity index (χ1v) is 8.81. The van der Waals surface area contributed by atoms with Crippen molar-refractivity contribution in [2.75, 3.05) is 7.05 Å². The van der Waals surface area contributed by atoms with Gasteiger partial charge < -0.3 is 9.88 Å². The first-order valence-electron chi connectivity index (χ1n) is 8.05. The monoisotopic (exact) mass is 391 g/mol. The maximum atomic E-state index is 12.5. The lowest BCUT2D eigenvalue weighted by atomic mass is 9.99. The molecule has 1 heterocycles. The zero-order valence-electron chi connectivity index (χ0n) is 14.8. The van der Waals surface area contributed by atoms with Gasteiger partial charge in [-0.05, 0) is 43.0 Å². The van der Waals surface area contributed by atoms with Crippen LogP contribution in [0.5, 0.6) is 0 Å². The lowest BCUT2D eigenvalue weighted by Crippen LogP contribution is -2.27. The Morgan fingerprint density at radius 1 is 1.31 bits per heavy atom. The summed E-state index contributed by atoms with van der Waals surface area (Å²) in [6.45, 7) is 3.85. The molecule has 0 fully saturated rings. The average Bonchev–Trinajstić information content (AvgIpc) is 2.58. The van der Waals surface area contributed by atoms with Crippen LogP contribution < -0.4 is 5.56 Å². The molecule has 1 N–H and O–H groups in total. The van der Waals surface area contributed by atoms with Crippen LogP contribution in [0.1, 0.15) is 34.4 Å². The summed E-state index contributed by atoms with van der Waals surface area (Å²) in [4.78, 5) is 28.5. The largest absolute Gasteiger partial charge is 0.341 e. The van der Waals surface area contributed by atoms with E-state index in [0.29, 0.717) is 34.3 Å². The van der Waals surface area contributed by atoms with Gasteiger partial charge in [-0.2, -0.15) is 5.26 Å². The molecule has 2 rings (SSSR count). The second-order valence-corrected chi connectivity index (χ2v) is 6.92. The summed E-state index contributed by atoms with van der Waals surface area (Å²) in [5.41, 5.74) is 2.60. The van der Waals surface area contributed by atoms with Gasteiger partial charge in [0.1, 0.15) is 11.6 Å². The summed E-state index contributed by atoms with van der Waals surface area (Å²) in [6.07, 6.45) is 0.697. The molecule has 0 saturated heterocycles. The van der Waals surface area contributed by atoms with E-state index in [4.69, 9.17) is 28.5 Å². The molecule has 0 aliphatic rings. The van der Waals surface area contributed by atoms with Crippen LogP contribution in [0.2, 0.25) is 10.0 Å². The van der Waals surface area contributed by atoms with E-state index in [-0.39, 0.29) is 17.9 Å². The predicted octanol–water partition coefficient (Wildman–Crippen LogP) is 3.76.